The topological polar surface area (TPSA) is 26.3 Å². The first kappa shape index (κ1) is 10.5. The molecule has 14 heavy (non-hydrogen) atoms. The number of carbonyl (C=O) groups is 1. The van der Waals surface area contributed by atoms with Crippen LogP contribution in [0.3, 0.4) is 0 Å². The third-order valence-corrected chi connectivity index (χ3v) is 1.78. The van der Waals surface area contributed by atoms with E-state index >= 15 is 0 Å². The highest BCUT2D eigenvalue weighted by Crippen LogP contribution is 1.99. The normalized spacial score (nSPS) is 10.4. The lowest BCUT2D eigenvalue weighted by Gasteiger charge is -2.01. The van der Waals surface area contributed by atoms with Crippen LogP contribution in [-0.4, -0.2) is 12.6 Å². The van der Waals surface area contributed by atoms with Crippen LogP contribution in [0.15, 0.2) is 42.5 Å². The fraction of sp³-hybridized carbons (Fsp3) is 0.250. The first-order valence-corrected chi connectivity index (χ1v) is 4.66. The summed E-state index contributed by atoms with van der Waals surface area (Å²) in [5.41, 5.74) is 1.18. The molecular weight excluding hydrogens is 176 g/mol. The SMILES string of the molecule is C/C=C\C(=O)OCCc1ccccc1. The van der Waals surface area contributed by atoms with Gasteiger partial charge < -0.3 is 4.74 Å². The summed E-state index contributed by atoms with van der Waals surface area (Å²) in [5, 5.41) is 0. The molecule has 1 rings (SSSR count). The Labute approximate surface area is 84.2 Å². The standard InChI is InChI=1S/C12H14O2/c1-2-6-12(13)14-10-9-11-7-4-3-5-8-11/h2-8H,9-10H2,1H3/b6-2-. The molecule has 0 bridgehead atoms. The molecule has 0 unspecified atom stereocenters. The van der Waals surface area contributed by atoms with Crippen LogP contribution in [0.4, 0.5) is 0 Å². The number of ether oxygens (including phenoxy) is 1. The average molecular weight is 190 g/mol. The Hall–Kier alpha value is -1.57. The summed E-state index contributed by atoms with van der Waals surface area (Å²) in [5.74, 6) is -0.275. The molecule has 1 aromatic carbocycles. The van der Waals surface area contributed by atoms with Gasteiger partial charge in [-0.25, -0.2) is 4.79 Å². The van der Waals surface area contributed by atoms with Crippen LogP contribution in [0.1, 0.15) is 12.5 Å². The third-order valence-electron chi connectivity index (χ3n) is 1.78. The molecule has 74 valence electrons. The van der Waals surface area contributed by atoms with Gasteiger partial charge in [-0.15, -0.1) is 0 Å². The molecule has 0 radical (unpaired) electrons. The molecule has 0 aromatic heterocycles. The summed E-state index contributed by atoms with van der Waals surface area (Å²) in [6, 6.07) is 9.95. The Balaban J connectivity index is 2.25. The molecule has 0 aliphatic carbocycles. The molecule has 0 aliphatic heterocycles. The zero-order valence-corrected chi connectivity index (χ0v) is 8.27. The van der Waals surface area contributed by atoms with Gasteiger partial charge in [-0.3, -0.25) is 0 Å². The van der Waals surface area contributed by atoms with E-state index in [9.17, 15) is 4.79 Å². The number of allylic oxidation sites excluding steroid dienone is 1. The van der Waals surface area contributed by atoms with Crippen LogP contribution in [-0.2, 0) is 16.0 Å². The molecule has 0 N–H and O–H groups in total. The van der Waals surface area contributed by atoms with Gasteiger partial charge in [-0.05, 0) is 12.5 Å². The van der Waals surface area contributed by atoms with Crippen molar-refractivity contribution in [3.05, 3.63) is 48.0 Å². The van der Waals surface area contributed by atoms with E-state index in [1.807, 2.05) is 30.3 Å². The van der Waals surface area contributed by atoms with Gasteiger partial charge in [0, 0.05) is 12.5 Å². The highest BCUT2D eigenvalue weighted by Gasteiger charge is 1.96. The first-order chi connectivity index (χ1) is 6.83. The molecule has 2 nitrogen and oxygen atoms in total. The van der Waals surface area contributed by atoms with Gasteiger partial charge >= 0.3 is 5.97 Å². The third kappa shape index (κ3) is 3.90. The first-order valence-electron chi connectivity index (χ1n) is 4.66. The Morgan fingerprint density at radius 2 is 2.07 bits per heavy atom. The number of hydrogen-bond donors (Lipinski definition) is 0. The highest BCUT2D eigenvalue weighted by molar-refractivity contribution is 5.81. The van der Waals surface area contributed by atoms with Gasteiger partial charge in [0.1, 0.15) is 0 Å². The molecule has 2 heteroatoms. The van der Waals surface area contributed by atoms with Crippen molar-refractivity contribution in [3.8, 4) is 0 Å². The summed E-state index contributed by atoms with van der Waals surface area (Å²) >= 11 is 0. The van der Waals surface area contributed by atoms with E-state index in [1.165, 1.54) is 11.6 Å². The van der Waals surface area contributed by atoms with Crippen molar-refractivity contribution in [2.24, 2.45) is 0 Å². The lowest BCUT2D eigenvalue weighted by molar-refractivity contribution is -0.137. The Bertz CT molecular complexity index is 301. The number of carbonyl (C=O) groups excluding carboxylic acids is 1. The van der Waals surface area contributed by atoms with E-state index in [1.54, 1.807) is 13.0 Å². The maximum Gasteiger partial charge on any atom is 0.330 e. The molecular formula is C12H14O2. The van der Waals surface area contributed by atoms with E-state index in [0.29, 0.717) is 6.61 Å². The van der Waals surface area contributed by atoms with E-state index in [2.05, 4.69) is 0 Å². The second-order valence-electron chi connectivity index (χ2n) is 2.90. The van der Waals surface area contributed by atoms with Crippen LogP contribution >= 0.6 is 0 Å². The van der Waals surface area contributed by atoms with Crippen molar-refractivity contribution < 1.29 is 9.53 Å². The quantitative estimate of drug-likeness (QED) is 0.538. The monoisotopic (exact) mass is 190 g/mol. The fourth-order valence-electron chi connectivity index (χ4n) is 1.10. The molecule has 0 saturated heterocycles. The summed E-state index contributed by atoms with van der Waals surface area (Å²) in [6.45, 7) is 2.23. The minimum Gasteiger partial charge on any atom is -0.462 e. The lowest BCUT2D eigenvalue weighted by Crippen LogP contribution is -2.04. The minimum atomic E-state index is -0.275. The van der Waals surface area contributed by atoms with Gasteiger partial charge in [0.15, 0.2) is 0 Å². The van der Waals surface area contributed by atoms with Crippen LogP contribution < -0.4 is 0 Å². The lowest BCUT2D eigenvalue weighted by atomic mass is 10.2. The number of hydrogen-bond acceptors (Lipinski definition) is 2. The van der Waals surface area contributed by atoms with Crippen molar-refractivity contribution in [2.45, 2.75) is 13.3 Å². The second kappa shape index (κ2) is 5.97. The van der Waals surface area contributed by atoms with Gasteiger partial charge in [-0.2, -0.15) is 0 Å². The van der Waals surface area contributed by atoms with Crippen molar-refractivity contribution in [1.82, 2.24) is 0 Å². The number of rotatable bonds is 4. The zero-order chi connectivity index (χ0) is 10.2. The van der Waals surface area contributed by atoms with E-state index in [0.717, 1.165) is 6.42 Å². The molecule has 0 aliphatic rings. The molecule has 0 heterocycles. The predicted octanol–water partition coefficient (Wildman–Crippen LogP) is 2.35. The van der Waals surface area contributed by atoms with E-state index in [4.69, 9.17) is 4.74 Å². The van der Waals surface area contributed by atoms with E-state index in [-0.39, 0.29) is 5.97 Å². The van der Waals surface area contributed by atoms with Gasteiger partial charge in [0.25, 0.3) is 0 Å². The van der Waals surface area contributed by atoms with Crippen LogP contribution in [0, 0.1) is 0 Å². The molecule has 1 aromatic rings. The molecule has 0 saturated carbocycles. The molecule has 0 spiro atoms. The second-order valence-corrected chi connectivity index (χ2v) is 2.90. The highest BCUT2D eigenvalue weighted by atomic mass is 16.5. The number of benzene rings is 1. The van der Waals surface area contributed by atoms with Crippen molar-refractivity contribution in [3.63, 3.8) is 0 Å². The zero-order valence-electron chi connectivity index (χ0n) is 8.27. The maximum absolute atomic E-state index is 10.9. The Kier molecular flexibility index (Phi) is 4.48. The van der Waals surface area contributed by atoms with E-state index < -0.39 is 0 Å². The predicted molar refractivity (Wildman–Crippen MR) is 55.9 cm³/mol. The van der Waals surface area contributed by atoms with Crippen LogP contribution in [0.2, 0.25) is 0 Å². The Morgan fingerprint density at radius 1 is 1.36 bits per heavy atom. The fourth-order valence-corrected chi connectivity index (χ4v) is 1.10. The van der Waals surface area contributed by atoms with Crippen LogP contribution in [0.5, 0.6) is 0 Å². The van der Waals surface area contributed by atoms with Gasteiger partial charge in [0.2, 0.25) is 0 Å². The Morgan fingerprint density at radius 3 is 2.71 bits per heavy atom. The summed E-state index contributed by atoms with van der Waals surface area (Å²) in [6.07, 6.45) is 3.86. The van der Waals surface area contributed by atoms with Gasteiger partial charge in [0.05, 0.1) is 6.61 Å². The van der Waals surface area contributed by atoms with Crippen LogP contribution in [0.25, 0.3) is 0 Å². The smallest absolute Gasteiger partial charge is 0.330 e. The van der Waals surface area contributed by atoms with Crippen molar-refractivity contribution in [2.75, 3.05) is 6.61 Å². The molecule has 0 fully saturated rings. The summed E-state index contributed by atoms with van der Waals surface area (Å²) in [7, 11) is 0. The largest absolute Gasteiger partial charge is 0.462 e. The summed E-state index contributed by atoms with van der Waals surface area (Å²) < 4.78 is 4.96. The summed E-state index contributed by atoms with van der Waals surface area (Å²) in [4.78, 5) is 10.9. The molecule has 0 atom stereocenters. The average Bonchev–Trinajstić information content (AvgIpc) is 2.20. The molecule has 0 amide bonds. The van der Waals surface area contributed by atoms with Crippen molar-refractivity contribution >= 4 is 5.97 Å². The van der Waals surface area contributed by atoms with Gasteiger partial charge in [-0.1, -0.05) is 36.4 Å². The van der Waals surface area contributed by atoms with Crippen molar-refractivity contribution in [1.29, 1.82) is 0 Å². The maximum atomic E-state index is 10.9. The minimum absolute atomic E-state index is 0.275. The number of esters is 1.